The Kier molecular flexibility index (Phi) is 4.85. The third-order valence-corrected chi connectivity index (χ3v) is 5.62. The highest BCUT2D eigenvalue weighted by Gasteiger charge is 2.22. The molecule has 1 saturated heterocycles. The van der Waals surface area contributed by atoms with Crippen LogP contribution in [0.4, 0.5) is 10.9 Å². The van der Waals surface area contributed by atoms with Crippen LogP contribution in [0.1, 0.15) is 16.8 Å². The number of thiophene rings is 1. The minimum absolute atomic E-state index is 0.0646. The van der Waals surface area contributed by atoms with Crippen LogP contribution >= 0.6 is 11.3 Å². The summed E-state index contributed by atoms with van der Waals surface area (Å²) in [6.45, 7) is 1.20. The number of nitrogens with one attached hydrogen (secondary N) is 2. The number of furan rings is 1. The maximum Gasteiger partial charge on any atom is 0.251 e. The monoisotopic (exact) mass is 425 g/mol. The second-order valence-corrected chi connectivity index (χ2v) is 7.67. The summed E-state index contributed by atoms with van der Waals surface area (Å²) in [5.74, 6) is 0.720. The SMILES string of the molecule is CNC(=O)c1csc(Nc2nc(O[C@H]3CCOC3)c3c(ccn3-c3ccoc3)n2)c1. The Morgan fingerprint density at radius 3 is 3.07 bits per heavy atom. The van der Waals surface area contributed by atoms with Gasteiger partial charge < -0.3 is 29.1 Å². The molecule has 1 atom stereocenters. The minimum Gasteiger partial charge on any atom is -0.470 e. The first kappa shape index (κ1) is 18.6. The van der Waals surface area contributed by atoms with Gasteiger partial charge in [-0.05, 0) is 12.1 Å². The van der Waals surface area contributed by atoms with Gasteiger partial charge in [0.05, 0.1) is 41.2 Å². The van der Waals surface area contributed by atoms with Crippen molar-refractivity contribution >= 4 is 39.2 Å². The van der Waals surface area contributed by atoms with Gasteiger partial charge in [0.2, 0.25) is 11.8 Å². The van der Waals surface area contributed by atoms with Crippen LogP contribution in [0.3, 0.4) is 0 Å². The lowest BCUT2D eigenvalue weighted by Gasteiger charge is -2.14. The molecule has 154 valence electrons. The molecule has 0 unspecified atom stereocenters. The third-order valence-electron chi connectivity index (χ3n) is 4.78. The molecule has 5 heterocycles. The zero-order chi connectivity index (χ0) is 20.5. The molecular weight excluding hydrogens is 406 g/mol. The first-order chi connectivity index (χ1) is 14.7. The summed E-state index contributed by atoms with van der Waals surface area (Å²) in [4.78, 5) is 21.1. The smallest absolute Gasteiger partial charge is 0.251 e. The lowest BCUT2D eigenvalue weighted by Crippen LogP contribution is -2.17. The molecule has 0 saturated carbocycles. The van der Waals surface area contributed by atoms with E-state index in [1.54, 1.807) is 31.0 Å². The number of aromatic nitrogens is 3. The highest BCUT2D eigenvalue weighted by Crippen LogP contribution is 2.31. The van der Waals surface area contributed by atoms with E-state index in [1.165, 1.54) is 11.3 Å². The molecule has 1 aliphatic rings. The van der Waals surface area contributed by atoms with E-state index >= 15 is 0 Å². The molecule has 1 fully saturated rings. The van der Waals surface area contributed by atoms with E-state index < -0.39 is 0 Å². The number of carbonyl (C=O) groups excluding carboxylic acids is 1. The van der Waals surface area contributed by atoms with Crippen LogP contribution in [-0.2, 0) is 4.74 Å². The van der Waals surface area contributed by atoms with Gasteiger partial charge in [0.25, 0.3) is 5.91 Å². The predicted molar refractivity (Wildman–Crippen MR) is 112 cm³/mol. The molecule has 1 aliphatic heterocycles. The van der Waals surface area contributed by atoms with E-state index in [1.807, 2.05) is 22.9 Å². The number of carbonyl (C=O) groups is 1. The Morgan fingerprint density at radius 1 is 1.37 bits per heavy atom. The van der Waals surface area contributed by atoms with Crippen molar-refractivity contribution in [2.24, 2.45) is 0 Å². The fourth-order valence-corrected chi connectivity index (χ4v) is 4.07. The summed E-state index contributed by atoms with van der Waals surface area (Å²) in [7, 11) is 1.60. The number of hydrogen-bond donors (Lipinski definition) is 2. The summed E-state index contributed by atoms with van der Waals surface area (Å²) in [5.41, 5.74) is 2.92. The molecule has 0 aromatic carbocycles. The first-order valence-corrected chi connectivity index (χ1v) is 10.3. The predicted octanol–water partition coefficient (Wildman–Crippen LogP) is 3.35. The van der Waals surface area contributed by atoms with E-state index in [-0.39, 0.29) is 12.0 Å². The number of nitrogens with zero attached hydrogens (tertiary/aromatic N) is 3. The maximum atomic E-state index is 11.8. The molecule has 30 heavy (non-hydrogen) atoms. The fourth-order valence-electron chi connectivity index (χ4n) is 3.30. The molecule has 4 aromatic rings. The summed E-state index contributed by atoms with van der Waals surface area (Å²) >= 11 is 1.41. The van der Waals surface area contributed by atoms with Gasteiger partial charge >= 0.3 is 0 Å². The van der Waals surface area contributed by atoms with Crippen LogP contribution in [0.15, 0.2) is 46.7 Å². The van der Waals surface area contributed by atoms with Gasteiger partial charge in [-0.1, -0.05) is 0 Å². The molecule has 0 radical (unpaired) electrons. The Labute approximate surface area is 175 Å². The zero-order valence-electron chi connectivity index (χ0n) is 16.1. The Bertz CT molecular complexity index is 1180. The summed E-state index contributed by atoms with van der Waals surface area (Å²) < 4.78 is 18.8. The fraction of sp³-hybridized carbons (Fsp3) is 0.250. The van der Waals surface area contributed by atoms with Crippen LogP contribution in [-0.4, -0.2) is 46.8 Å². The second kappa shape index (κ2) is 7.81. The molecule has 2 N–H and O–H groups in total. The Balaban J connectivity index is 1.53. The van der Waals surface area contributed by atoms with Crippen molar-refractivity contribution in [3.63, 3.8) is 0 Å². The van der Waals surface area contributed by atoms with E-state index in [2.05, 4.69) is 20.6 Å². The number of fused-ring (bicyclic) bond motifs is 1. The average Bonchev–Trinajstić information content (AvgIpc) is 3.53. The van der Waals surface area contributed by atoms with E-state index in [4.69, 9.17) is 13.9 Å². The summed E-state index contributed by atoms with van der Waals surface area (Å²) in [5, 5.41) is 8.34. The standard InChI is InChI=1S/C20H19N5O4S/c1-21-18(26)12-8-16(30-11-12)23-20-22-15-2-5-25(13-3-6-27-9-13)17(15)19(24-20)29-14-4-7-28-10-14/h2-3,5-6,8-9,11,14H,4,7,10H2,1H3,(H,21,26)(H,22,23,24)/t14-/m0/s1. The van der Waals surface area contributed by atoms with E-state index in [0.717, 1.165) is 28.1 Å². The van der Waals surface area contributed by atoms with Gasteiger partial charge in [-0.2, -0.15) is 4.98 Å². The number of hydrogen-bond acceptors (Lipinski definition) is 8. The Hall–Kier alpha value is -3.37. The largest absolute Gasteiger partial charge is 0.470 e. The maximum absolute atomic E-state index is 11.8. The number of amides is 1. The molecule has 0 bridgehead atoms. The summed E-state index contributed by atoms with van der Waals surface area (Å²) in [6.07, 6.45) is 5.91. The van der Waals surface area contributed by atoms with Gasteiger partial charge in [-0.15, -0.1) is 11.3 Å². The molecule has 10 heteroatoms. The number of rotatable bonds is 6. The van der Waals surface area contributed by atoms with Gasteiger partial charge in [0.1, 0.15) is 17.9 Å². The van der Waals surface area contributed by atoms with Crippen LogP contribution in [0, 0.1) is 0 Å². The highest BCUT2D eigenvalue weighted by molar-refractivity contribution is 7.14. The zero-order valence-corrected chi connectivity index (χ0v) is 16.9. The molecule has 5 rings (SSSR count). The lowest BCUT2D eigenvalue weighted by molar-refractivity contribution is 0.0963. The molecule has 0 spiro atoms. The van der Waals surface area contributed by atoms with Crippen molar-refractivity contribution < 1.29 is 18.7 Å². The second-order valence-electron chi connectivity index (χ2n) is 6.76. The van der Waals surface area contributed by atoms with Crippen LogP contribution in [0.25, 0.3) is 16.7 Å². The molecule has 0 aliphatic carbocycles. The van der Waals surface area contributed by atoms with E-state index in [0.29, 0.717) is 30.6 Å². The van der Waals surface area contributed by atoms with Gasteiger partial charge in [0, 0.05) is 31.1 Å². The molecule has 4 aromatic heterocycles. The molecule has 9 nitrogen and oxygen atoms in total. The number of ether oxygens (including phenoxy) is 2. The quantitative estimate of drug-likeness (QED) is 0.488. The average molecular weight is 425 g/mol. The van der Waals surface area contributed by atoms with Crippen molar-refractivity contribution in [3.05, 3.63) is 47.9 Å². The van der Waals surface area contributed by atoms with Gasteiger partial charge in [0.15, 0.2) is 0 Å². The Morgan fingerprint density at radius 2 is 2.30 bits per heavy atom. The number of anilines is 2. The van der Waals surface area contributed by atoms with Gasteiger partial charge in [-0.25, -0.2) is 4.98 Å². The molecule has 1 amide bonds. The van der Waals surface area contributed by atoms with E-state index in [9.17, 15) is 4.79 Å². The van der Waals surface area contributed by atoms with Crippen molar-refractivity contribution in [2.75, 3.05) is 25.6 Å². The van der Waals surface area contributed by atoms with Crippen LogP contribution in [0.5, 0.6) is 5.88 Å². The van der Waals surface area contributed by atoms with Crippen LogP contribution < -0.4 is 15.4 Å². The lowest BCUT2D eigenvalue weighted by atomic mass is 10.3. The first-order valence-electron chi connectivity index (χ1n) is 9.45. The highest BCUT2D eigenvalue weighted by atomic mass is 32.1. The summed E-state index contributed by atoms with van der Waals surface area (Å²) in [6, 6.07) is 5.52. The minimum atomic E-state index is -0.141. The topological polar surface area (TPSA) is 103 Å². The molecular formula is C20H19N5O4S. The van der Waals surface area contributed by atoms with Crippen molar-refractivity contribution in [1.29, 1.82) is 0 Å². The van der Waals surface area contributed by atoms with Crippen molar-refractivity contribution in [2.45, 2.75) is 12.5 Å². The normalized spacial score (nSPS) is 16.1. The van der Waals surface area contributed by atoms with Gasteiger partial charge in [-0.3, -0.25) is 4.79 Å². The van der Waals surface area contributed by atoms with Crippen molar-refractivity contribution in [1.82, 2.24) is 19.9 Å². The third kappa shape index (κ3) is 3.51. The van der Waals surface area contributed by atoms with Crippen LogP contribution in [0.2, 0.25) is 0 Å². The van der Waals surface area contributed by atoms with Crippen molar-refractivity contribution in [3.8, 4) is 11.6 Å².